The summed E-state index contributed by atoms with van der Waals surface area (Å²) >= 11 is 8.14. The summed E-state index contributed by atoms with van der Waals surface area (Å²) in [6, 6.07) is 7.96. The lowest BCUT2D eigenvalue weighted by Gasteiger charge is -2.15. The van der Waals surface area contributed by atoms with Gasteiger partial charge in [0.1, 0.15) is 0 Å². The Morgan fingerprint density at radius 1 is 1.31 bits per heavy atom. The molecule has 1 aromatic carbocycles. The number of benzene rings is 1. The molecule has 0 aromatic heterocycles. The van der Waals surface area contributed by atoms with Crippen molar-refractivity contribution in [3.63, 3.8) is 0 Å². The Labute approximate surface area is 107 Å². The Morgan fingerprint density at radius 3 is 2.69 bits per heavy atom. The van der Waals surface area contributed by atoms with Crippen molar-refractivity contribution in [1.29, 1.82) is 0 Å². The summed E-state index contributed by atoms with van der Waals surface area (Å²) in [6.45, 7) is 0. The SMILES string of the molecule is NC(CSC1CCCC1)c1ccccc1Cl. The molecule has 1 aliphatic carbocycles. The first kappa shape index (κ1) is 12.3. The third-order valence-electron chi connectivity index (χ3n) is 3.12. The van der Waals surface area contributed by atoms with Gasteiger partial charge in [0, 0.05) is 22.1 Å². The van der Waals surface area contributed by atoms with Crippen LogP contribution in [0.2, 0.25) is 5.02 Å². The molecule has 88 valence electrons. The second-order valence-corrected chi connectivity index (χ2v) is 6.11. The molecule has 0 aliphatic heterocycles. The summed E-state index contributed by atoms with van der Waals surface area (Å²) in [6.07, 6.45) is 5.50. The Morgan fingerprint density at radius 2 is 2.00 bits per heavy atom. The van der Waals surface area contributed by atoms with Crippen molar-refractivity contribution in [1.82, 2.24) is 0 Å². The molecular formula is C13H18ClNS. The molecule has 16 heavy (non-hydrogen) atoms. The van der Waals surface area contributed by atoms with Gasteiger partial charge in [-0.25, -0.2) is 0 Å². The van der Waals surface area contributed by atoms with Gasteiger partial charge >= 0.3 is 0 Å². The first-order valence-electron chi connectivity index (χ1n) is 5.89. The van der Waals surface area contributed by atoms with E-state index >= 15 is 0 Å². The van der Waals surface area contributed by atoms with E-state index < -0.39 is 0 Å². The van der Waals surface area contributed by atoms with Crippen LogP contribution in [0.1, 0.15) is 37.3 Å². The van der Waals surface area contributed by atoms with Gasteiger partial charge < -0.3 is 5.73 Å². The van der Waals surface area contributed by atoms with Crippen LogP contribution < -0.4 is 5.73 Å². The lowest BCUT2D eigenvalue weighted by molar-refractivity contribution is 0.820. The number of rotatable bonds is 4. The zero-order valence-electron chi connectivity index (χ0n) is 9.36. The summed E-state index contributed by atoms with van der Waals surface area (Å²) < 4.78 is 0. The lowest BCUT2D eigenvalue weighted by Crippen LogP contribution is -2.15. The number of thioether (sulfide) groups is 1. The maximum absolute atomic E-state index is 6.17. The molecule has 1 aromatic rings. The van der Waals surface area contributed by atoms with Crippen molar-refractivity contribution >= 4 is 23.4 Å². The van der Waals surface area contributed by atoms with Gasteiger partial charge in [0.15, 0.2) is 0 Å². The van der Waals surface area contributed by atoms with Crippen molar-refractivity contribution in [2.24, 2.45) is 5.73 Å². The van der Waals surface area contributed by atoms with Gasteiger partial charge in [-0.1, -0.05) is 42.6 Å². The molecule has 1 unspecified atom stereocenters. The van der Waals surface area contributed by atoms with Crippen molar-refractivity contribution in [2.75, 3.05) is 5.75 Å². The zero-order valence-corrected chi connectivity index (χ0v) is 10.9. The third-order valence-corrected chi connectivity index (χ3v) is 4.96. The molecule has 3 heteroatoms. The van der Waals surface area contributed by atoms with Gasteiger partial charge in [-0.15, -0.1) is 0 Å². The molecule has 1 saturated carbocycles. The van der Waals surface area contributed by atoms with Crippen LogP contribution in [0, 0.1) is 0 Å². The van der Waals surface area contributed by atoms with Crippen molar-refractivity contribution in [2.45, 2.75) is 37.0 Å². The van der Waals surface area contributed by atoms with Crippen molar-refractivity contribution in [3.05, 3.63) is 34.9 Å². The molecule has 1 aliphatic rings. The topological polar surface area (TPSA) is 26.0 Å². The molecule has 1 fully saturated rings. The van der Waals surface area contributed by atoms with E-state index in [9.17, 15) is 0 Å². The first-order valence-corrected chi connectivity index (χ1v) is 7.31. The van der Waals surface area contributed by atoms with Gasteiger partial charge in [-0.2, -0.15) is 11.8 Å². The van der Waals surface area contributed by atoms with Crippen LogP contribution in [0.15, 0.2) is 24.3 Å². The van der Waals surface area contributed by atoms with Crippen LogP contribution in [0.4, 0.5) is 0 Å². The number of nitrogens with two attached hydrogens (primary N) is 1. The van der Waals surface area contributed by atoms with E-state index in [4.69, 9.17) is 17.3 Å². The monoisotopic (exact) mass is 255 g/mol. The Bertz CT molecular complexity index is 336. The molecule has 0 bridgehead atoms. The molecule has 0 saturated heterocycles. The standard InChI is InChI=1S/C13H18ClNS/c14-12-8-4-3-7-11(12)13(15)9-16-10-5-1-2-6-10/h3-4,7-8,10,13H,1-2,5-6,9,15H2. The molecule has 0 radical (unpaired) electrons. The largest absolute Gasteiger partial charge is 0.323 e. The van der Waals surface area contributed by atoms with Crippen molar-refractivity contribution < 1.29 is 0 Å². The number of halogens is 1. The quantitative estimate of drug-likeness (QED) is 0.880. The minimum atomic E-state index is 0.0688. The summed E-state index contributed by atoms with van der Waals surface area (Å²) in [7, 11) is 0. The molecular weight excluding hydrogens is 238 g/mol. The Hall–Kier alpha value is -0.180. The van der Waals surface area contributed by atoms with Crippen LogP contribution >= 0.6 is 23.4 Å². The van der Waals surface area contributed by atoms with E-state index in [-0.39, 0.29) is 6.04 Å². The highest BCUT2D eigenvalue weighted by Crippen LogP contribution is 2.32. The van der Waals surface area contributed by atoms with Crippen LogP contribution in [-0.4, -0.2) is 11.0 Å². The van der Waals surface area contributed by atoms with Crippen LogP contribution in [0.25, 0.3) is 0 Å². The zero-order chi connectivity index (χ0) is 11.4. The van der Waals surface area contributed by atoms with Crippen LogP contribution in [0.3, 0.4) is 0 Å². The molecule has 0 spiro atoms. The predicted molar refractivity (Wildman–Crippen MR) is 73.1 cm³/mol. The summed E-state index contributed by atoms with van der Waals surface area (Å²) in [5, 5.41) is 1.62. The average Bonchev–Trinajstić information content (AvgIpc) is 2.79. The third kappa shape index (κ3) is 3.16. The highest BCUT2D eigenvalue weighted by Gasteiger charge is 2.17. The maximum atomic E-state index is 6.17. The number of hydrogen-bond acceptors (Lipinski definition) is 2. The predicted octanol–water partition coefficient (Wildman–Crippen LogP) is 4.02. The second kappa shape index (κ2) is 5.95. The molecule has 2 N–H and O–H groups in total. The highest BCUT2D eigenvalue weighted by atomic mass is 35.5. The van der Waals surface area contributed by atoms with Crippen molar-refractivity contribution in [3.8, 4) is 0 Å². The minimum absolute atomic E-state index is 0.0688. The fourth-order valence-electron chi connectivity index (χ4n) is 2.16. The Balaban J connectivity index is 1.87. The van der Waals surface area contributed by atoms with Crippen LogP contribution in [-0.2, 0) is 0 Å². The van der Waals surface area contributed by atoms with E-state index in [1.165, 1.54) is 25.7 Å². The minimum Gasteiger partial charge on any atom is -0.323 e. The molecule has 0 heterocycles. The van der Waals surface area contributed by atoms with Gasteiger partial charge in [0.2, 0.25) is 0 Å². The first-order chi connectivity index (χ1) is 7.77. The van der Waals surface area contributed by atoms with E-state index in [1.807, 2.05) is 36.0 Å². The highest BCUT2D eigenvalue weighted by molar-refractivity contribution is 7.99. The van der Waals surface area contributed by atoms with E-state index in [1.54, 1.807) is 0 Å². The average molecular weight is 256 g/mol. The Kier molecular flexibility index (Phi) is 4.56. The number of hydrogen-bond donors (Lipinski definition) is 1. The van der Waals surface area contributed by atoms with E-state index in [0.717, 1.165) is 21.6 Å². The fraction of sp³-hybridized carbons (Fsp3) is 0.538. The van der Waals surface area contributed by atoms with E-state index in [2.05, 4.69) is 0 Å². The normalized spacial score (nSPS) is 18.9. The second-order valence-electron chi connectivity index (χ2n) is 4.37. The smallest absolute Gasteiger partial charge is 0.0454 e. The molecule has 0 amide bonds. The fourth-order valence-corrected chi connectivity index (χ4v) is 3.76. The summed E-state index contributed by atoms with van der Waals surface area (Å²) in [4.78, 5) is 0. The molecule has 1 atom stereocenters. The van der Waals surface area contributed by atoms with E-state index in [0.29, 0.717) is 0 Å². The molecule has 2 rings (SSSR count). The lowest BCUT2D eigenvalue weighted by atomic mass is 10.1. The van der Waals surface area contributed by atoms with Gasteiger partial charge in [0.25, 0.3) is 0 Å². The summed E-state index contributed by atoms with van der Waals surface area (Å²) in [5.41, 5.74) is 7.25. The molecule has 1 nitrogen and oxygen atoms in total. The van der Waals surface area contributed by atoms with Gasteiger partial charge in [0.05, 0.1) is 0 Å². The maximum Gasteiger partial charge on any atom is 0.0454 e. The van der Waals surface area contributed by atoms with Gasteiger partial charge in [-0.05, 0) is 24.5 Å². The van der Waals surface area contributed by atoms with Gasteiger partial charge in [-0.3, -0.25) is 0 Å². The van der Waals surface area contributed by atoms with Crippen LogP contribution in [0.5, 0.6) is 0 Å². The summed E-state index contributed by atoms with van der Waals surface area (Å²) in [5.74, 6) is 0.981.